The predicted octanol–water partition coefficient (Wildman–Crippen LogP) is 3.43. The number of hydrogen-bond acceptors (Lipinski definition) is 8. The normalized spacial score (nSPS) is 27.2. The van der Waals surface area contributed by atoms with Crippen LogP contribution in [-0.4, -0.2) is 52.9 Å². The van der Waals surface area contributed by atoms with Gasteiger partial charge in [0, 0.05) is 24.4 Å². The van der Waals surface area contributed by atoms with Crippen LogP contribution < -0.4 is 9.47 Å². The summed E-state index contributed by atoms with van der Waals surface area (Å²) >= 11 is 0. The summed E-state index contributed by atoms with van der Waals surface area (Å²) in [6, 6.07) is 22.3. The molecule has 0 saturated heterocycles. The molecule has 8 nitrogen and oxygen atoms in total. The highest BCUT2D eigenvalue weighted by Gasteiger charge is 2.77. The second-order valence-electron chi connectivity index (χ2n) is 9.78. The van der Waals surface area contributed by atoms with E-state index in [2.05, 4.69) is 29.8 Å². The monoisotopic (exact) mass is 510 g/mol. The summed E-state index contributed by atoms with van der Waals surface area (Å²) in [5, 5.41) is 44.0. The van der Waals surface area contributed by atoms with E-state index in [1.807, 2.05) is 36.4 Å². The van der Waals surface area contributed by atoms with Crippen LogP contribution >= 0.6 is 0 Å². The van der Waals surface area contributed by atoms with Gasteiger partial charge in [-0.25, -0.2) is 4.98 Å². The maximum atomic E-state index is 12.9. The Labute approximate surface area is 222 Å². The Kier molecular flexibility index (Phi) is 6.58. The Morgan fingerprint density at radius 1 is 1.05 bits per heavy atom. The summed E-state index contributed by atoms with van der Waals surface area (Å²) in [6.07, 6.45) is -1.27. The average molecular weight is 511 g/mol. The highest BCUT2D eigenvalue weighted by atomic mass is 16.5. The Bertz CT molecular complexity index is 1410. The highest BCUT2D eigenvalue weighted by Crippen LogP contribution is 2.69. The number of aliphatic hydroxyl groups excluding tert-OH is 1. The van der Waals surface area contributed by atoms with Crippen LogP contribution in [0.1, 0.15) is 47.7 Å². The minimum atomic E-state index is -1.97. The topological polar surface area (TPSA) is 123 Å². The van der Waals surface area contributed by atoms with Gasteiger partial charge in [-0.1, -0.05) is 56.3 Å². The second kappa shape index (κ2) is 9.74. The molecule has 3 aromatic rings. The zero-order valence-electron chi connectivity index (χ0n) is 21.6. The first-order valence-corrected chi connectivity index (χ1v) is 12.8. The van der Waals surface area contributed by atoms with Crippen molar-refractivity contribution in [1.29, 1.82) is 10.5 Å². The lowest BCUT2D eigenvalue weighted by Crippen LogP contribution is -2.52. The molecule has 38 heavy (non-hydrogen) atoms. The van der Waals surface area contributed by atoms with Crippen LogP contribution in [0.5, 0.6) is 11.6 Å². The van der Waals surface area contributed by atoms with Crippen molar-refractivity contribution < 1.29 is 19.7 Å². The summed E-state index contributed by atoms with van der Waals surface area (Å²) < 4.78 is 12.4. The molecule has 5 rings (SSSR count). The number of nitriles is 2. The molecule has 194 valence electrons. The van der Waals surface area contributed by atoms with Crippen LogP contribution in [-0.2, 0) is 11.2 Å². The third-order valence-electron chi connectivity index (χ3n) is 8.14. The Morgan fingerprint density at radius 2 is 1.74 bits per heavy atom. The van der Waals surface area contributed by atoms with Gasteiger partial charge in [-0.15, -0.1) is 0 Å². The van der Waals surface area contributed by atoms with E-state index in [0.29, 0.717) is 17.7 Å². The van der Waals surface area contributed by atoms with Gasteiger partial charge in [0.05, 0.1) is 30.4 Å². The summed E-state index contributed by atoms with van der Waals surface area (Å²) in [7, 11) is 1.41. The van der Waals surface area contributed by atoms with E-state index < -0.39 is 29.1 Å². The first-order chi connectivity index (χ1) is 18.4. The Balaban J connectivity index is 1.85. The lowest BCUT2D eigenvalue weighted by molar-refractivity contribution is -0.152. The Hall–Kier alpha value is -3.95. The van der Waals surface area contributed by atoms with Crippen molar-refractivity contribution in [2.75, 3.05) is 26.7 Å². The lowest BCUT2D eigenvalue weighted by Gasteiger charge is -2.41. The van der Waals surface area contributed by atoms with Gasteiger partial charge in [0.2, 0.25) is 5.88 Å². The molecule has 2 aromatic carbocycles. The molecule has 0 spiro atoms. The van der Waals surface area contributed by atoms with Crippen molar-refractivity contribution in [3.8, 4) is 23.8 Å². The molecule has 2 aliphatic rings. The number of aromatic nitrogens is 1. The fourth-order valence-corrected chi connectivity index (χ4v) is 6.41. The van der Waals surface area contributed by atoms with Gasteiger partial charge in [0.15, 0.2) is 11.2 Å². The molecular formula is C30H30N4O4. The molecule has 0 unspecified atom stereocenters. The van der Waals surface area contributed by atoms with Crippen LogP contribution in [0.25, 0.3) is 0 Å². The van der Waals surface area contributed by atoms with Crippen molar-refractivity contribution >= 4 is 0 Å². The molecule has 0 radical (unpaired) electrons. The highest BCUT2D eigenvalue weighted by molar-refractivity contribution is 5.60. The zero-order valence-corrected chi connectivity index (χ0v) is 21.6. The minimum Gasteiger partial charge on any atom is -0.481 e. The maximum absolute atomic E-state index is 12.9. The standard InChI is InChI=1S/C30H30N4O4/c1-4-34(5-2)18-23-25(20-9-7-6-8-10-20)30(21-13-11-19(16-31)12-14-21)29(36,27(23)35)26-24(38-30)15-22(17-32)33-28(26)37-3/h6-15,23,25,27,35-36H,4-5,18H2,1-3H3/t23-,25-,27-,29+,30+/m1/s1. The maximum Gasteiger partial charge on any atom is 0.224 e. The molecule has 2 heterocycles. The molecule has 1 aromatic heterocycles. The van der Waals surface area contributed by atoms with Crippen molar-refractivity contribution in [2.45, 2.75) is 37.1 Å². The number of benzene rings is 2. The van der Waals surface area contributed by atoms with Gasteiger partial charge < -0.3 is 24.6 Å². The summed E-state index contributed by atoms with van der Waals surface area (Å²) in [5.74, 6) is -0.667. The van der Waals surface area contributed by atoms with E-state index in [9.17, 15) is 20.7 Å². The Morgan fingerprint density at radius 3 is 2.32 bits per heavy atom. The quantitative estimate of drug-likeness (QED) is 0.496. The second-order valence-corrected chi connectivity index (χ2v) is 9.78. The molecule has 2 N–H and O–H groups in total. The summed E-state index contributed by atoms with van der Waals surface area (Å²) in [4.78, 5) is 6.52. The number of aliphatic hydroxyl groups is 2. The third-order valence-corrected chi connectivity index (χ3v) is 8.14. The number of pyridine rings is 1. The van der Waals surface area contributed by atoms with Crippen molar-refractivity contribution in [1.82, 2.24) is 9.88 Å². The van der Waals surface area contributed by atoms with Crippen LogP contribution in [0, 0.1) is 28.6 Å². The van der Waals surface area contributed by atoms with E-state index in [-0.39, 0.29) is 22.9 Å². The van der Waals surface area contributed by atoms with E-state index in [1.165, 1.54) is 13.2 Å². The van der Waals surface area contributed by atoms with Crippen LogP contribution in [0.2, 0.25) is 0 Å². The number of rotatable bonds is 7. The van der Waals surface area contributed by atoms with Gasteiger partial charge in [0.1, 0.15) is 17.5 Å². The minimum absolute atomic E-state index is 0.0337. The molecule has 1 aliphatic carbocycles. The van der Waals surface area contributed by atoms with Crippen molar-refractivity contribution in [3.63, 3.8) is 0 Å². The van der Waals surface area contributed by atoms with E-state index >= 15 is 0 Å². The molecular weight excluding hydrogens is 480 g/mol. The van der Waals surface area contributed by atoms with Gasteiger partial charge in [-0.2, -0.15) is 10.5 Å². The fourth-order valence-electron chi connectivity index (χ4n) is 6.41. The van der Waals surface area contributed by atoms with Crippen molar-refractivity contribution in [2.24, 2.45) is 5.92 Å². The van der Waals surface area contributed by atoms with Crippen LogP contribution in [0.4, 0.5) is 0 Å². The van der Waals surface area contributed by atoms with E-state index in [1.54, 1.807) is 24.3 Å². The number of ether oxygens (including phenoxy) is 2. The third kappa shape index (κ3) is 3.49. The largest absolute Gasteiger partial charge is 0.481 e. The summed E-state index contributed by atoms with van der Waals surface area (Å²) in [5.41, 5.74) is -1.21. The molecule has 1 saturated carbocycles. The van der Waals surface area contributed by atoms with Gasteiger partial charge in [-0.05, 0) is 36.3 Å². The zero-order chi connectivity index (χ0) is 27.1. The van der Waals surface area contributed by atoms with Crippen LogP contribution in [0.15, 0.2) is 60.7 Å². The van der Waals surface area contributed by atoms with Crippen LogP contribution in [0.3, 0.4) is 0 Å². The van der Waals surface area contributed by atoms with Gasteiger partial charge >= 0.3 is 0 Å². The molecule has 8 heteroatoms. The first kappa shape index (κ1) is 25.7. The molecule has 0 amide bonds. The summed E-state index contributed by atoms with van der Waals surface area (Å²) in [6.45, 7) is 6.19. The van der Waals surface area contributed by atoms with Gasteiger partial charge in [-0.3, -0.25) is 0 Å². The first-order valence-electron chi connectivity index (χ1n) is 12.8. The average Bonchev–Trinajstić information content (AvgIpc) is 3.33. The van der Waals surface area contributed by atoms with E-state index in [0.717, 1.165) is 18.7 Å². The van der Waals surface area contributed by atoms with E-state index in [4.69, 9.17) is 9.47 Å². The number of nitrogens with zero attached hydrogens (tertiary/aromatic N) is 4. The number of fused-ring (bicyclic) bond motifs is 3. The number of methoxy groups -OCH3 is 1. The lowest BCUT2D eigenvalue weighted by atomic mass is 9.70. The smallest absolute Gasteiger partial charge is 0.224 e. The van der Waals surface area contributed by atoms with Gasteiger partial charge in [0.25, 0.3) is 0 Å². The SMILES string of the molecule is CCN(CC)C[C@H]1[C@@H](O)[C@@]2(O)c3c(cc(C#N)nc3OC)O[C@@]2(c2ccc(C#N)cc2)[C@@H]1c1ccccc1. The molecule has 5 atom stereocenters. The fraction of sp³-hybridized carbons (Fsp3) is 0.367. The van der Waals surface area contributed by atoms with Crippen molar-refractivity contribution in [3.05, 3.63) is 88.6 Å². The molecule has 1 aliphatic heterocycles. The molecule has 1 fully saturated rings. The number of hydrogen-bond donors (Lipinski definition) is 2. The predicted molar refractivity (Wildman–Crippen MR) is 139 cm³/mol. The molecule has 0 bridgehead atoms.